The molecule has 6 nitrogen and oxygen atoms in total. The van der Waals surface area contributed by atoms with Crippen molar-refractivity contribution < 1.29 is 14.0 Å². The van der Waals surface area contributed by atoms with E-state index in [1.807, 2.05) is 7.05 Å². The first-order valence-electron chi connectivity index (χ1n) is 11.3. The van der Waals surface area contributed by atoms with Crippen LogP contribution in [0.25, 0.3) is 0 Å². The molecule has 1 aliphatic carbocycles. The third-order valence-corrected chi connectivity index (χ3v) is 6.71. The van der Waals surface area contributed by atoms with E-state index in [9.17, 15) is 14.0 Å². The predicted molar refractivity (Wildman–Crippen MR) is 116 cm³/mol. The fourth-order valence-electron chi connectivity index (χ4n) is 4.88. The molecule has 1 atom stereocenters. The molecule has 2 amide bonds. The van der Waals surface area contributed by atoms with Crippen LogP contribution >= 0.6 is 0 Å². The molecule has 2 aliphatic rings. The Morgan fingerprint density at radius 2 is 1.94 bits per heavy atom. The second-order valence-corrected chi connectivity index (χ2v) is 9.07. The van der Waals surface area contributed by atoms with Crippen molar-refractivity contribution in [2.45, 2.75) is 76.3 Å². The summed E-state index contributed by atoms with van der Waals surface area (Å²) in [6.45, 7) is 0.502. The van der Waals surface area contributed by atoms with Gasteiger partial charge in [-0.1, -0.05) is 18.6 Å². The fourth-order valence-corrected chi connectivity index (χ4v) is 4.88. The summed E-state index contributed by atoms with van der Waals surface area (Å²) in [7, 11) is 1.82. The van der Waals surface area contributed by atoms with Crippen LogP contribution in [0.2, 0.25) is 0 Å². The number of carbonyl (C=O) groups excluding carboxylic acids is 2. The lowest BCUT2D eigenvalue weighted by atomic mass is 9.85. The van der Waals surface area contributed by atoms with E-state index in [2.05, 4.69) is 15.5 Å². The number of rotatable bonds is 7. The van der Waals surface area contributed by atoms with Gasteiger partial charge in [-0.05, 0) is 68.2 Å². The number of hydrogen-bond acceptors (Lipinski definition) is 3. The fraction of sp³-hybridized carbons (Fsp3) is 0.542. The van der Waals surface area contributed by atoms with Crippen molar-refractivity contribution in [2.24, 2.45) is 0 Å². The van der Waals surface area contributed by atoms with Crippen molar-refractivity contribution in [1.82, 2.24) is 20.4 Å². The molecule has 2 N–H and O–H groups in total. The van der Waals surface area contributed by atoms with Crippen molar-refractivity contribution in [3.63, 3.8) is 0 Å². The topological polar surface area (TPSA) is 78.1 Å². The van der Waals surface area contributed by atoms with Crippen LogP contribution in [0.4, 0.5) is 4.39 Å². The molecule has 0 bridgehead atoms. The van der Waals surface area contributed by atoms with Gasteiger partial charge in [-0.3, -0.25) is 14.7 Å². The molecule has 1 saturated heterocycles. The Balaban J connectivity index is 1.38. The minimum Gasteiger partial charge on any atom is -0.350 e. The molecule has 31 heavy (non-hydrogen) atoms. The number of aromatic nitrogens is 2. The maximum atomic E-state index is 13.3. The van der Waals surface area contributed by atoms with E-state index in [-0.39, 0.29) is 17.6 Å². The summed E-state index contributed by atoms with van der Waals surface area (Å²) >= 11 is 0. The largest absolute Gasteiger partial charge is 0.350 e. The van der Waals surface area contributed by atoms with Crippen molar-refractivity contribution in [1.29, 1.82) is 0 Å². The van der Waals surface area contributed by atoms with Crippen LogP contribution < -0.4 is 5.32 Å². The van der Waals surface area contributed by atoms with Gasteiger partial charge in [0.2, 0.25) is 11.8 Å². The number of nitrogens with zero attached hydrogens (tertiary/aromatic N) is 2. The number of hydrogen-bond donors (Lipinski definition) is 2. The Labute approximate surface area is 182 Å². The standard InChI is InChI=1S/C24H31FN4O2/c1-29(16-21-19-5-3-2-4-6-20(19)27-28-21)23(31)12-14-24(13-11-22(30)26-24)15-17-7-9-18(25)10-8-17/h7-10H,2-6,11-16H2,1H3,(H,26,30)(H,27,28). The summed E-state index contributed by atoms with van der Waals surface area (Å²) in [5.74, 6) is -0.214. The van der Waals surface area contributed by atoms with Gasteiger partial charge in [0.1, 0.15) is 5.82 Å². The Morgan fingerprint density at radius 3 is 2.68 bits per heavy atom. The first-order valence-corrected chi connectivity index (χ1v) is 11.3. The Morgan fingerprint density at radius 1 is 1.16 bits per heavy atom. The zero-order chi connectivity index (χ0) is 21.8. The lowest BCUT2D eigenvalue weighted by Gasteiger charge is -2.30. The number of halogens is 1. The lowest BCUT2D eigenvalue weighted by Crippen LogP contribution is -2.44. The van der Waals surface area contributed by atoms with Gasteiger partial charge in [0.15, 0.2) is 0 Å². The van der Waals surface area contributed by atoms with Gasteiger partial charge in [0, 0.05) is 31.1 Å². The number of fused-ring (bicyclic) bond motifs is 1. The molecule has 1 unspecified atom stereocenters. The molecule has 1 aromatic carbocycles. The Hall–Kier alpha value is -2.70. The van der Waals surface area contributed by atoms with E-state index in [0.29, 0.717) is 38.6 Å². The number of H-pyrrole nitrogens is 1. The minimum absolute atomic E-state index is 0.0159. The van der Waals surface area contributed by atoms with Gasteiger partial charge in [0.25, 0.3) is 0 Å². The van der Waals surface area contributed by atoms with Crippen LogP contribution in [0.15, 0.2) is 24.3 Å². The van der Waals surface area contributed by atoms with Gasteiger partial charge in [-0.15, -0.1) is 0 Å². The van der Waals surface area contributed by atoms with E-state index in [4.69, 9.17) is 0 Å². The van der Waals surface area contributed by atoms with Gasteiger partial charge < -0.3 is 10.2 Å². The zero-order valence-corrected chi connectivity index (χ0v) is 18.2. The van der Waals surface area contributed by atoms with Crippen molar-refractivity contribution in [2.75, 3.05) is 7.05 Å². The number of benzene rings is 1. The molecular weight excluding hydrogens is 395 g/mol. The molecule has 1 fully saturated rings. The maximum Gasteiger partial charge on any atom is 0.222 e. The van der Waals surface area contributed by atoms with E-state index in [1.165, 1.54) is 42.7 Å². The summed E-state index contributed by atoms with van der Waals surface area (Å²) in [5, 5.41) is 10.7. The minimum atomic E-state index is -0.450. The zero-order valence-electron chi connectivity index (χ0n) is 18.2. The third kappa shape index (κ3) is 5.14. The smallest absolute Gasteiger partial charge is 0.222 e. The van der Waals surface area contributed by atoms with E-state index < -0.39 is 5.54 Å². The molecule has 4 rings (SSSR count). The summed E-state index contributed by atoms with van der Waals surface area (Å²) in [5.41, 5.74) is 3.99. The second kappa shape index (κ2) is 9.20. The van der Waals surface area contributed by atoms with Gasteiger partial charge in [-0.25, -0.2) is 4.39 Å². The first-order chi connectivity index (χ1) is 14.9. The lowest BCUT2D eigenvalue weighted by molar-refractivity contribution is -0.131. The monoisotopic (exact) mass is 426 g/mol. The molecule has 0 spiro atoms. The van der Waals surface area contributed by atoms with Crippen molar-refractivity contribution >= 4 is 11.8 Å². The highest BCUT2D eigenvalue weighted by molar-refractivity contribution is 5.80. The second-order valence-electron chi connectivity index (χ2n) is 9.07. The van der Waals surface area contributed by atoms with Crippen LogP contribution in [0.3, 0.4) is 0 Å². The van der Waals surface area contributed by atoms with Crippen LogP contribution in [0, 0.1) is 5.82 Å². The van der Waals surface area contributed by atoms with Crippen LogP contribution in [-0.4, -0.2) is 39.5 Å². The molecular formula is C24H31FN4O2. The number of nitrogens with one attached hydrogen (secondary N) is 2. The maximum absolute atomic E-state index is 13.3. The molecule has 1 aliphatic heterocycles. The molecule has 2 aromatic rings. The average molecular weight is 427 g/mol. The number of aromatic amines is 1. The molecule has 7 heteroatoms. The van der Waals surface area contributed by atoms with Crippen LogP contribution in [0.5, 0.6) is 0 Å². The molecule has 1 aromatic heterocycles. The summed E-state index contributed by atoms with van der Waals surface area (Å²) < 4.78 is 13.3. The summed E-state index contributed by atoms with van der Waals surface area (Å²) in [4.78, 5) is 26.6. The highest BCUT2D eigenvalue weighted by atomic mass is 19.1. The van der Waals surface area contributed by atoms with Gasteiger partial charge >= 0.3 is 0 Å². The SMILES string of the molecule is CN(Cc1n[nH]c2c1CCCCC2)C(=O)CCC1(Cc2ccc(F)cc2)CCC(=O)N1. The number of amides is 2. The normalized spacial score (nSPS) is 20.8. The summed E-state index contributed by atoms with van der Waals surface area (Å²) in [6, 6.07) is 6.37. The number of carbonyl (C=O) groups is 2. The van der Waals surface area contributed by atoms with Crippen LogP contribution in [-0.2, 0) is 35.4 Å². The molecule has 0 saturated carbocycles. The Bertz CT molecular complexity index is 940. The van der Waals surface area contributed by atoms with Gasteiger partial charge in [0.05, 0.1) is 12.2 Å². The third-order valence-electron chi connectivity index (χ3n) is 6.71. The van der Waals surface area contributed by atoms with Crippen molar-refractivity contribution in [3.8, 4) is 0 Å². The highest BCUT2D eigenvalue weighted by Gasteiger charge is 2.38. The molecule has 2 heterocycles. The predicted octanol–water partition coefficient (Wildman–Crippen LogP) is 3.45. The summed E-state index contributed by atoms with van der Waals surface area (Å²) in [6.07, 6.45) is 8.32. The quantitative estimate of drug-likeness (QED) is 0.666. The average Bonchev–Trinajstić information content (AvgIpc) is 3.21. The molecule has 0 radical (unpaired) electrons. The molecule has 166 valence electrons. The number of aryl methyl sites for hydroxylation is 1. The highest BCUT2D eigenvalue weighted by Crippen LogP contribution is 2.30. The van der Waals surface area contributed by atoms with E-state index in [1.54, 1.807) is 17.0 Å². The first kappa shape index (κ1) is 21.5. The Kier molecular flexibility index (Phi) is 6.39. The van der Waals surface area contributed by atoms with Gasteiger partial charge in [-0.2, -0.15) is 5.10 Å². The van der Waals surface area contributed by atoms with Crippen molar-refractivity contribution in [3.05, 3.63) is 52.6 Å². The van der Waals surface area contributed by atoms with E-state index >= 15 is 0 Å². The van der Waals surface area contributed by atoms with Crippen LogP contribution in [0.1, 0.15) is 67.5 Å². The van der Waals surface area contributed by atoms with E-state index in [0.717, 1.165) is 24.1 Å².